The van der Waals surface area contributed by atoms with Gasteiger partial charge in [-0.05, 0) is 38.3 Å². The average molecular weight is 278 g/mol. The van der Waals surface area contributed by atoms with E-state index in [0.717, 1.165) is 17.5 Å². The lowest BCUT2D eigenvalue weighted by atomic mass is 10.0. The van der Waals surface area contributed by atoms with Crippen molar-refractivity contribution in [3.05, 3.63) is 34.9 Å². The van der Waals surface area contributed by atoms with Crippen LogP contribution in [-0.4, -0.2) is 17.8 Å². The monoisotopic (exact) mass is 278 g/mol. The minimum atomic E-state index is -0.520. The lowest BCUT2D eigenvalue weighted by molar-refractivity contribution is -0.00672. The molecule has 1 N–H and O–H groups in total. The molecule has 0 amide bonds. The molecule has 1 aromatic carbocycles. The van der Waals surface area contributed by atoms with Gasteiger partial charge >= 0.3 is 0 Å². The Morgan fingerprint density at radius 2 is 1.90 bits per heavy atom. The number of rotatable bonds is 9. The number of hydrogen-bond donors (Lipinski definition) is 1. The van der Waals surface area contributed by atoms with E-state index >= 15 is 0 Å². The molecule has 0 spiro atoms. The van der Waals surface area contributed by atoms with Crippen molar-refractivity contribution < 1.29 is 9.84 Å². The third-order valence-electron chi connectivity index (χ3n) is 3.79. The number of aliphatic hydroxyl groups excluding tert-OH is 1. The fraction of sp³-hybridized carbons (Fsp3) is 0.667. The third kappa shape index (κ3) is 6.06. The van der Waals surface area contributed by atoms with Gasteiger partial charge in [-0.15, -0.1) is 0 Å². The first-order valence-corrected chi connectivity index (χ1v) is 7.91. The van der Waals surface area contributed by atoms with Gasteiger partial charge in [-0.25, -0.2) is 0 Å². The zero-order chi connectivity index (χ0) is 15.0. The predicted molar refractivity (Wildman–Crippen MR) is 85.0 cm³/mol. The highest BCUT2D eigenvalue weighted by Crippen LogP contribution is 2.20. The molecule has 2 unspecified atom stereocenters. The topological polar surface area (TPSA) is 29.5 Å². The van der Waals surface area contributed by atoms with Gasteiger partial charge in [-0.1, -0.05) is 56.4 Å². The molecule has 0 aliphatic carbocycles. The van der Waals surface area contributed by atoms with Gasteiger partial charge < -0.3 is 9.84 Å². The van der Waals surface area contributed by atoms with E-state index in [9.17, 15) is 5.11 Å². The normalized spacial score (nSPS) is 14.2. The summed E-state index contributed by atoms with van der Waals surface area (Å²) in [5.41, 5.74) is 3.34. The summed E-state index contributed by atoms with van der Waals surface area (Å²) in [6, 6.07) is 6.15. The molecule has 20 heavy (non-hydrogen) atoms. The van der Waals surface area contributed by atoms with E-state index in [0.29, 0.717) is 6.61 Å². The molecule has 0 heterocycles. The molecule has 0 aromatic heterocycles. The molecule has 0 fully saturated rings. The van der Waals surface area contributed by atoms with Crippen molar-refractivity contribution in [2.75, 3.05) is 6.61 Å². The molecular weight excluding hydrogens is 248 g/mol. The maximum absolute atomic E-state index is 10.2. The molecule has 1 rings (SSSR count). The third-order valence-corrected chi connectivity index (χ3v) is 3.79. The number of aryl methyl sites for hydroxylation is 2. The average Bonchev–Trinajstić information content (AvgIpc) is 2.41. The van der Waals surface area contributed by atoms with Crippen molar-refractivity contribution in [3.8, 4) is 0 Å². The number of benzene rings is 1. The Kier molecular flexibility index (Phi) is 7.86. The van der Waals surface area contributed by atoms with Crippen LogP contribution in [-0.2, 0) is 4.74 Å². The summed E-state index contributed by atoms with van der Waals surface area (Å²) >= 11 is 0. The van der Waals surface area contributed by atoms with E-state index in [2.05, 4.69) is 26.8 Å². The van der Waals surface area contributed by atoms with Crippen LogP contribution in [0.4, 0.5) is 0 Å². The lowest BCUT2D eigenvalue weighted by Crippen LogP contribution is -2.15. The van der Waals surface area contributed by atoms with E-state index in [1.165, 1.54) is 31.2 Å². The van der Waals surface area contributed by atoms with Crippen molar-refractivity contribution in [1.29, 1.82) is 0 Å². The number of ether oxygens (including phenoxy) is 1. The maximum Gasteiger partial charge on any atom is 0.103 e. The van der Waals surface area contributed by atoms with Crippen LogP contribution in [0.3, 0.4) is 0 Å². The molecule has 114 valence electrons. The van der Waals surface area contributed by atoms with Gasteiger partial charge in [-0.3, -0.25) is 0 Å². The smallest absolute Gasteiger partial charge is 0.103 e. The lowest BCUT2D eigenvalue weighted by Gasteiger charge is -2.18. The second-order valence-electron chi connectivity index (χ2n) is 5.87. The fourth-order valence-corrected chi connectivity index (χ4v) is 2.49. The second-order valence-corrected chi connectivity index (χ2v) is 5.87. The molecule has 0 aliphatic rings. The summed E-state index contributed by atoms with van der Waals surface area (Å²) in [5, 5.41) is 10.2. The van der Waals surface area contributed by atoms with Crippen LogP contribution in [0.2, 0.25) is 0 Å². The van der Waals surface area contributed by atoms with Crippen LogP contribution < -0.4 is 0 Å². The minimum Gasteiger partial charge on any atom is -0.386 e. The molecular formula is C18H30O2. The van der Waals surface area contributed by atoms with Gasteiger partial charge in [0.15, 0.2) is 0 Å². The minimum absolute atomic E-state index is 0.229. The van der Waals surface area contributed by atoms with Crippen LogP contribution >= 0.6 is 0 Å². The summed E-state index contributed by atoms with van der Waals surface area (Å²) in [4.78, 5) is 0. The van der Waals surface area contributed by atoms with E-state index in [-0.39, 0.29) is 6.10 Å². The van der Waals surface area contributed by atoms with Crippen molar-refractivity contribution >= 4 is 0 Å². The largest absolute Gasteiger partial charge is 0.386 e. The van der Waals surface area contributed by atoms with Crippen LogP contribution in [0.1, 0.15) is 68.7 Å². The Balaban J connectivity index is 2.33. The Bertz CT molecular complexity index is 387. The highest BCUT2D eigenvalue weighted by Gasteiger charge is 2.12. The second kappa shape index (κ2) is 9.15. The Labute approximate surface area is 124 Å². The van der Waals surface area contributed by atoms with Crippen molar-refractivity contribution in [2.45, 2.75) is 72.0 Å². The van der Waals surface area contributed by atoms with E-state index in [1.54, 1.807) is 0 Å². The molecule has 2 heteroatoms. The fourth-order valence-electron chi connectivity index (χ4n) is 2.49. The van der Waals surface area contributed by atoms with Gasteiger partial charge in [-0.2, -0.15) is 0 Å². The Hall–Kier alpha value is -0.860. The molecule has 1 aromatic rings. The van der Waals surface area contributed by atoms with Crippen LogP contribution in [0.15, 0.2) is 18.2 Å². The Morgan fingerprint density at radius 3 is 2.55 bits per heavy atom. The first-order chi connectivity index (χ1) is 9.54. The molecule has 2 nitrogen and oxygen atoms in total. The zero-order valence-corrected chi connectivity index (χ0v) is 13.5. The van der Waals surface area contributed by atoms with Crippen molar-refractivity contribution in [2.24, 2.45) is 0 Å². The van der Waals surface area contributed by atoms with Crippen molar-refractivity contribution in [1.82, 2.24) is 0 Å². The summed E-state index contributed by atoms with van der Waals surface area (Å²) < 4.78 is 5.77. The number of hydrogen-bond acceptors (Lipinski definition) is 2. The summed E-state index contributed by atoms with van der Waals surface area (Å²) in [6.45, 7) is 8.82. The maximum atomic E-state index is 10.2. The summed E-state index contributed by atoms with van der Waals surface area (Å²) in [6.07, 6.45) is 5.86. The molecule has 0 saturated heterocycles. The number of unbranched alkanes of at least 4 members (excludes halogenated alkanes) is 3. The van der Waals surface area contributed by atoms with E-state index < -0.39 is 6.10 Å². The molecule has 0 bridgehead atoms. The Morgan fingerprint density at radius 1 is 1.15 bits per heavy atom. The van der Waals surface area contributed by atoms with Gasteiger partial charge in [0.2, 0.25) is 0 Å². The zero-order valence-electron chi connectivity index (χ0n) is 13.5. The SMILES string of the molecule is CCCCCCC(C)OCC(O)c1ccc(C)cc1C. The highest BCUT2D eigenvalue weighted by atomic mass is 16.5. The number of aliphatic hydroxyl groups is 1. The molecule has 2 atom stereocenters. The first kappa shape index (κ1) is 17.2. The van der Waals surface area contributed by atoms with Gasteiger partial charge in [0.05, 0.1) is 12.7 Å². The first-order valence-electron chi connectivity index (χ1n) is 7.91. The molecule has 0 aliphatic heterocycles. The summed E-state index contributed by atoms with van der Waals surface area (Å²) in [5.74, 6) is 0. The van der Waals surface area contributed by atoms with Crippen LogP contribution in [0.5, 0.6) is 0 Å². The van der Waals surface area contributed by atoms with E-state index in [4.69, 9.17) is 4.74 Å². The predicted octanol–water partition coefficient (Wildman–Crippen LogP) is 4.71. The van der Waals surface area contributed by atoms with Gasteiger partial charge in [0.25, 0.3) is 0 Å². The van der Waals surface area contributed by atoms with Crippen LogP contribution in [0, 0.1) is 13.8 Å². The quantitative estimate of drug-likeness (QED) is 0.663. The standard InChI is InChI=1S/C18H30O2/c1-5-6-7-8-9-16(4)20-13-18(19)17-11-10-14(2)12-15(17)3/h10-12,16,18-19H,5-9,13H2,1-4H3. The van der Waals surface area contributed by atoms with Crippen LogP contribution in [0.25, 0.3) is 0 Å². The summed E-state index contributed by atoms with van der Waals surface area (Å²) in [7, 11) is 0. The van der Waals surface area contributed by atoms with Gasteiger partial charge in [0, 0.05) is 0 Å². The van der Waals surface area contributed by atoms with Gasteiger partial charge in [0.1, 0.15) is 6.10 Å². The van der Waals surface area contributed by atoms with E-state index in [1.807, 2.05) is 19.1 Å². The molecule has 0 radical (unpaired) electrons. The van der Waals surface area contributed by atoms with Crippen molar-refractivity contribution in [3.63, 3.8) is 0 Å². The molecule has 0 saturated carbocycles. The highest BCUT2D eigenvalue weighted by molar-refractivity contribution is 5.31.